The molecule has 2 rings (SSSR count). The first-order valence-corrected chi connectivity index (χ1v) is 6.76. The van der Waals surface area contributed by atoms with Gasteiger partial charge in [0.25, 0.3) is 0 Å². The second-order valence-electron chi connectivity index (χ2n) is 4.59. The first kappa shape index (κ1) is 13.6. The van der Waals surface area contributed by atoms with Crippen molar-refractivity contribution in [2.75, 3.05) is 20.2 Å². The molecule has 0 radical (unpaired) electrons. The summed E-state index contributed by atoms with van der Waals surface area (Å²) >= 11 is 0. The molecule has 100 valence electrons. The Morgan fingerprint density at radius 3 is 2.26 bits per heavy atom. The van der Waals surface area contributed by atoms with Crippen LogP contribution in [-0.2, 0) is 12.8 Å². The second kappa shape index (κ2) is 7.59. The van der Waals surface area contributed by atoms with E-state index in [0.29, 0.717) is 0 Å². The van der Waals surface area contributed by atoms with Crippen LogP contribution in [0.3, 0.4) is 0 Å². The molecule has 19 heavy (non-hydrogen) atoms. The third kappa shape index (κ3) is 4.76. The summed E-state index contributed by atoms with van der Waals surface area (Å²) in [6.45, 7) is 2.02. The van der Waals surface area contributed by atoms with E-state index >= 15 is 0 Å². The molecule has 0 aliphatic carbocycles. The fraction of sp³-hybridized carbons (Fsp3) is 0.294. The van der Waals surface area contributed by atoms with Crippen molar-refractivity contribution in [1.29, 1.82) is 0 Å². The highest BCUT2D eigenvalue weighted by molar-refractivity contribution is 5.28. The Bertz CT molecular complexity index is 482. The highest BCUT2D eigenvalue weighted by Gasteiger charge is 1.96. The minimum absolute atomic E-state index is 0.932. The number of rotatable bonds is 7. The van der Waals surface area contributed by atoms with Gasteiger partial charge in [-0.25, -0.2) is 0 Å². The predicted molar refractivity (Wildman–Crippen MR) is 79.7 cm³/mol. The van der Waals surface area contributed by atoms with Crippen molar-refractivity contribution in [1.82, 2.24) is 5.32 Å². The maximum absolute atomic E-state index is 5.22. The topological polar surface area (TPSA) is 21.3 Å². The van der Waals surface area contributed by atoms with Crippen molar-refractivity contribution in [2.45, 2.75) is 12.8 Å². The molecule has 0 aromatic heterocycles. The first-order chi connectivity index (χ1) is 9.38. The van der Waals surface area contributed by atoms with Crippen LogP contribution in [0.15, 0.2) is 54.6 Å². The highest BCUT2D eigenvalue weighted by atomic mass is 16.5. The molecule has 0 bridgehead atoms. The summed E-state index contributed by atoms with van der Waals surface area (Å²) in [5.41, 5.74) is 2.70. The largest absolute Gasteiger partial charge is 0.497 e. The smallest absolute Gasteiger partial charge is 0.119 e. The maximum atomic E-state index is 5.22. The van der Waals surface area contributed by atoms with Gasteiger partial charge in [-0.2, -0.15) is 0 Å². The Morgan fingerprint density at radius 1 is 0.842 bits per heavy atom. The quantitative estimate of drug-likeness (QED) is 0.768. The fourth-order valence-electron chi connectivity index (χ4n) is 2.06. The van der Waals surface area contributed by atoms with Crippen LogP contribution in [0.4, 0.5) is 0 Å². The van der Waals surface area contributed by atoms with E-state index in [1.165, 1.54) is 11.1 Å². The van der Waals surface area contributed by atoms with Gasteiger partial charge >= 0.3 is 0 Å². The summed E-state index contributed by atoms with van der Waals surface area (Å²) in [5, 5.41) is 3.48. The lowest BCUT2D eigenvalue weighted by Gasteiger charge is -2.06. The van der Waals surface area contributed by atoms with Gasteiger partial charge in [-0.05, 0) is 49.2 Å². The van der Waals surface area contributed by atoms with Gasteiger partial charge in [0.1, 0.15) is 5.75 Å². The third-order valence-corrected chi connectivity index (χ3v) is 3.16. The van der Waals surface area contributed by atoms with Gasteiger partial charge in [-0.3, -0.25) is 0 Å². The summed E-state index contributed by atoms with van der Waals surface area (Å²) in [4.78, 5) is 0. The molecule has 0 amide bonds. The lowest BCUT2D eigenvalue weighted by atomic mass is 10.1. The normalized spacial score (nSPS) is 10.4. The maximum Gasteiger partial charge on any atom is 0.119 e. The van der Waals surface area contributed by atoms with Gasteiger partial charge in [-0.1, -0.05) is 42.5 Å². The van der Waals surface area contributed by atoms with Gasteiger partial charge < -0.3 is 10.1 Å². The SMILES string of the molecule is COc1cccc(CCNCCc2ccccc2)c1. The third-order valence-electron chi connectivity index (χ3n) is 3.16. The van der Waals surface area contributed by atoms with E-state index in [0.717, 1.165) is 31.7 Å². The molecule has 1 N–H and O–H groups in total. The molecule has 0 aliphatic rings. The second-order valence-corrected chi connectivity index (χ2v) is 4.59. The summed E-state index contributed by atoms with van der Waals surface area (Å²) in [7, 11) is 1.71. The first-order valence-electron chi connectivity index (χ1n) is 6.76. The molecular formula is C17H21NO. The zero-order chi connectivity index (χ0) is 13.3. The molecule has 2 heteroatoms. The zero-order valence-electron chi connectivity index (χ0n) is 11.4. The van der Waals surface area contributed by atoms with Crippen LogP contribution in [0.25, 0.3) is 0 Å². The predicted octanol–water partition coefficient (Wildman–Crippen LogP) is 3.07. The molecule has 0 heterocycles. The number of nitrogens with one attached hydrogen (secondary N) is 1. The van der Waals surface area contributed by atoms with Crippen LogP contribution >= 0.6 is 0 Å². The van der Waals surface area contributed by atoms with E-state index in [4.69, 9.17) is 4.74 Å². The van der Waals surface area contributed by atoms with Crippen molar-refractivity contribution in [2.24, 2.45) is 0 Å². The average molecular weight is 255 g/mol. The van der Waals surface area contributed by atoms with E-state index in [2.05, 4.69) is 47.8 Å². The van der Waals surface area contributed by atoms with Crippen LogP contribution in [0.5, 0.6) is 5.75 Å². The Balaban J connectivity index is 1.66. The standard InChI is InChI=1S/C17H21NO/c1-19-17-9-5-8-16(14-17)11-13-18-12-10-15-6-3-2-4-7-15/h2-9,14,18H,10-13H2,1H3. The van der Waals surface area contributed by atoms with Crippen molar-refractivity contribution in [3.63, 3.8) is 0 Å². The number of ether oxygens (including phenoxy) is 1. The molecule has 0 aliphatic heterocycles. The fourth-order valence-corrected chi connectivity index (χ4v) is 2.06. The highest BCUT2D eigenvalue weighted by Crippen LogP contribution is 2.12. The molecular weight excluding hydrogens is 234 g/mol. The Kier molecular flexibility index (Phi) is 5.45. The van der Waals surface area contributed by atoms with Crippen LogP contribution in [0.2, 0.25) is 0 Å². The molecule has 2 nitrogen and oxygen atoms in total. The van der Waals surface area contributed by atoms with Gasteiger partial charge in [0.05, 0.1) is 7.11 Å². The van der Waals surface area contributed by atoms with Crippen LogP contribution in [0, 0.1) is 0 Å². The van der Waals surface area contributed by atoms with E-state index in [1.54, 1.807) is 7.11 Å². The minimum atomic E-state index is 0.932. The van der Waals surface area contributed by atoms with Crippen LogP contribution in [-0.4, -0.2) is 20.2 Å². The number of hydrogen-bond acceptors (Lipinski definition) is 2. The Hall–Kier alpha value is -1.80. The molecule has 0 spiro atoms. The molecule has 2 aromatic rings. The summed E-state index contributed by atoms with van der Waals surface area (Å²) in [6.07, 6.45) is 2.12. The van der Waals surface area contributed by atoms with E-state index < -0.39 is 0 Å². The minimum Gasteiger partial charge on any atom is -0.497 e. The van der Waals surface area contributed by atoms with Crippen LogP contribution < -0.4 is 10.1 Å². The van der Waals surface area contributed by atoms with E-state index in [9.17, 15) is 0 Å². The molecule has 2 aromatic carbocycles. The molecule has 0 fully saturated rings. The Labute approximate surface area is 115 Å². The monoisotopic (exact) mass is 255 g/mol. The van der Waals surface area contributed by atoms with Gasteiger partial charge in [0.2, 0.25) is 0 Å². The van der Waals surface area contributed by atoms with Crippen molar-refractivity contribution < 1.29 is 4.74 Å². The van der Waals surface area contributed by atoms with Crippen molar-refractivity contribution in [3.8, 4) is 5.75 Å². The lowest BCUT2D eigenvalue weighted by molar-refractivity contribution is 0.414. The van der Waals surface area contributed by atoms with E-state index in [-0.39, 0.29) is 0 Å². The molecule has 0 saturated carbocycles. The van der Waals surface area contributed by atoms with Gasteiger partial charge in [0.15, 0.2) is 0 Å². The zero-order valence-corrected chi connectivity index (χ0v) is 11.4. The van der Waals surface area contributed by atoms with Crippen LogP contribution in [0.1, 0.15) is 11.1 Å². The van der Waals surface area contributed by atoms with Gasteiger partial charge in [-0.15, -0.1) is 0 Å². The van der Waals surface area contributed by atoms with Crippen molar-refractivity contribution in [3.05, 3.63) is 65.7 Å². The molecule has 0 atom stereocenters. The Morgan fingerprint density at radius 2 is 1.53 bits per heavy atom. The average Bonchev–Trinajstić information content (AvgIpc) is 2.48. The number of methoxy groups -OCH3 is 1. The molecule has 0 saturated heterocycles. The van der Waals surface area contributed by atoms with Gasteiger partial charge in [0, 0.05) is 0 Å². The number of benzene rings is 2. The van der Waals surface area contributed by atoms with E-state index in [1.807, 2.05) is 12.1 Å². The summed E-state index contributed by atoms with van der Waals surface area (Å²) in [6, 6.07) is 18.8. The lowest BCUT2D eigenvalue weighted by Crippen LogP contribution is -2.20. The number of hydrogen-bond donors (Lipinski definition) is 1. The summed E-state index contributed by atoms with van der Waals surface area (Å²) < 4.78 is 5.22. The summed E-state index contributed by atoms with van der Waals surface area (Å²) in [5.74, 6) is 0.932. The van der Waals surface area contributed by atoms with Crippen molar-refractivity contribution >= 4 is 0 Å². The molecule has 0 unspecified atom stereocenters.